The monoisotopic (exact) mass is 200 g/mol. The first-order valence-corrected chi connectivity index (χ1v) is 5.00. The Balaban J connectivity index is 2.24. The van der Waals surface area contributed by atoms with Crippen molar-refractivity contribution in [3.05, 3.63) is 0 Å². The molecular weight excluding hydrogens is 183 g/mol. The highest BCUT2D eigenvalue weighted by Gasteiger charge is 2.63. The van der Waals surface area contributed by atoms with Crippen molar-refractivity contribution in [1.29, 1.82) is 0 Å². The van der Waals surface area contributed by atoms with Crippen LogP contribution in [0.3, 0.4) is 0 Å². The van der Waals surface area contributed by atoms with Crippen LogP contribution in [0.5, 0.6) is 0 Å². The first kappa shape index (κ1) is 10.4. The van der Waals surface area contributed by atoms with Crippen molar-refractivity contribution in [2.45, 2.75) is 36.8 Å². The predicted molar refractivity (Wildman–Crippen MR) is 53.2 cm³/mol. The van der Waals surface area contributed by atoms with Crippen LogP contribution in [0.15, 0.2) is 0 Å². The van der Waals surface area contributed by atoms with Crippen molar-refractivity contribution in [3.63, 3.8) is 0 Å². The maximum absolute atomic E-state index is 5.93. The van der Waals surface area contributed by atoms with E-state index >= 15 is 0 Å². The summed E-state index contributed by atoms with van der Waals surface area (Å²) in [5.74, 6) is 0. The van der Waals surface area contributed by atoms with Crippen molar-refractivity contribution in [1.82, 2.24) is 0 Å². The molecule has 0 aromatic heterocycles. The summed E-state index contributed by atoms with van der Waals surface area (Å²) in [4.78, 5) is 0. The third-order valence-electron chi connectivity index (χ3n) is 3.44. The third-order valence-corrected chi connectivity index (χ3v) is 3.44. The lowest BCUT2D eigenvalue weighted by atomic mass is 9.89. The molecular formula is C9H17BO4. The third kappa shape index (κ3) is 1.16. The van der Waals surface area contributed by atoms with Crippen LogP contribution in [-0.4, -0.2) is 58.6 Å². The first-order valence-electron chi connectivity index (χ1n) is 5.00. The zero-order chi connectivity index (χ0) is 10.3. The molecule has 5 heteroatoms. The molecule has 0 N–H and O–H groups in total. The van der Waals surface area contributed by atoms with Crippen LogP contribution < -0.4 is 0 Å². The molecule has 0 saturated carbocycles. The van der Waals surface area contributed by atoms with Crippen molar-refractivity contribution in [2.75, 3.05) is 20.8 Å². The Bertz CT molecular complexity index is 225. The fourth-order valence-corrected chi connectivity index (χ4v) is 2.55. The van der Waals surface area contributed by atoms with E-state index in [2.05, 4.69) is 0 Å². The van der Waals surface area contributed by atoms with E-state index in [1.54, 1.807) is 14.2 Å². The Hall–Kier alpha value is -0.0951. The minimum Gasteiger partial charge on any atom is -0.379 e. The number of methoxy groups -OCH3 is 2. The maximum atomic E-state index is 5.93. The van der Waals surface area contributed by atoms with Crippen LogP contribution in [0, 0.1) is 0 Å². The fourth-order valence-electron chi connectivity index (χ4n) is 2.55. The molecule has 2 rings (SSSR count). The van der Waals surface area contributed by atoms with E-state index < -0.39 is 5.60 Å². The van der Waals surface area contributed by atoms with Gasteiger partial charge in [-0.2, -0.15) is 0 Å². The molecule has 0 aromatic rings. The van der Waals surface area contributed by atoms with Gasteiger partial charge in [0.05, 0.1) is 18.7 Å². The van der Waals surface area contributed by atoms with Gasteiger partial charge < -0.3 is 18.9 Å². The molecule has 2 fully saturated rings. The largest absolute Gasteiger partial charge is 0.379 e. The normalized spacial score (nSPS) is 48.4. The van der Waals surface area contributed by atoms with E-state index in [1.165, 1.54) is 0 Å². The van der Waals surface area contributed by atoms with Crippen LogP contribution in [-0.2, 0) is 18.9 Å². The number of ether oxygens (including phenoxy) is 4. The minimum absolute atomic E-state index is 0.00699. The highest BCUT2D eigenvalue weighted by molar-refractivity contribution is 6.11. The van der Waals surface area contributed by atoms with Gasteiger partial charge in [0.1, 0.15) is 25.7 Å². The Kier molecular flexibility index (Phi) is 2.60. The summed E-state index contributed by atoms with van der Waals surface area (Å²) in [5, 5.41) is 0. The molecule has 14 heavy (non-hydrogen) atoms. The number of hydrogen-bond donors (Lipinski definition) is 0. The summed E-state index contributed by atoms with van der Waals surface area (Å²) in [7, 11) is 5.40. The molecule has 2 aliphatic heterocycles. The van der Waals surface area contributed by atoms with Crippen LogP contribution in [0.2, 0.25) is 0 Å². The Morgan fingerprint density at radius 1 is 1.50 bits per heavy atom. The summed E-state index contributed by atoms with van der Waals surface area (Å²) in [6.07, 6.45) is 0.0347. The lowest BCUT2D eigenvalue weighted by molar-refractivity contribution is -0.173. The molecule has 2 heterocycles. The summed E-state index contributed by atoms with van der Waals surface area (Å²) >= 11 is 0. The van der Waals surface area contributed by atoms with Gasteiger partial charge in [0, 0.05) is 14.2 Å². The summed E-state index contributed by atoms with van der Waals surface area (Å²) in [6.45, 7) is 2.56. The van der Waals surface area contributed by atoms with Crippen LogP contribution in [0.1, 0.15) is 6.92 Å². The molecule has 80 valence electrons. The Morgan fingerprint density at radius 3 is 2.71 bits per heavy atom. The Morgan fingerprint density at radius 2 is 2.21 bits per heavy atom. The Labute approximate surface area is 85.3 Å². The average molecular weight is 200 g/mol. The van der Waals surface area contributed by atoms with Gasteiger partial charge in [-0.25, -0.2) is 0 Å². The predicted octanol–water partition coefficient (Wildman–Crippen LogP) is -0.837. The van der Waals surface area contributed by atoms with E-state index in [0.29, 0.717) is 6.61 Å². The van der Waals surface area contributed by atoms with Crippen LogP contribution >= 0.6 is 0 Å². The second-order valence-electron chi connectivity index (χ2n) is 4.09. The fraction of sp³-hybridized carbons (Fsp3) is 1.00. The average Bonchev–Trinajstić information content (AvgIpc) is 2.68. The van der Waals surface area contributed by atoms with Crippen molar-refractivity contribution < 1.29 is 18.9 Å². The first-order chi connectivity index (χ1) is 6.65. The molecule has 2 saturated heterocycles. The van der Waals surface area contributed by atoms with Crippen LogP contribution in [0.25, 0.3) is 0 Å². The number of rotatable bonds is 3. The van der Waals surface area contributed by atoms with E-state index in [-0.39, 0.29) is 24.3 Å². The van der Waals surface area contributed by atoms with Gasteiger partial charge in [0.25, 0.3) is 0 Å². The van der Waals surface area contributed by atoms with Crippen LogP contribution in [0.4, 0.5) is 0 Å². The topological polar surface area (TPSA) is 36.9 Å². The van der Waals surface area contributed by atoms with Crippen molar-refractivity contribution >= 4 is 7.85 Å². The van der Waals surface area contributed by atoms with Gasteiger partial charge in [-0.3, -0.25) is 0 Å². The summed E-state index contributed by atoms with van der Waals surface area (Å²) < 4.78 is 22.4. The van der Waals surface area contributed by atoms with Gasteiger partial charge in [0.2, 0.25) is 0 Å². The highest BCUT2D eigenvalue weighted by atomic mass is 16.7. The summed E-state index contributed by atoms with van der Waals surface area (Å²) in [6, 6.07) is 0.0892. The lowest BCUT2D eigenvalue weighted by Gasteiger charge is -2.34. The van der Waals surface area contributed by atoms with E-state index in [9.17, 15) is 0 Å². The van der Waals surface area contributed by atoms with Gasteiger partial charge >= 0.3 is 0 Å². The van der Waals surface area contributed by atoms with E-state index in [1.807, 2.05) is 14.8 Å². The second kappa shape index (κ2) is 3.49. The smallest absolute Gasteiger partial charge is 0.145 e. The maximum Gasteiger partial charge on any atom is 0.145 e. The number of fused-ring (bicyclic) bond motifs is 2. The molecule has 2 bridgehead atoms. The zero-order valence-corrected chi connectivity index (χ0v) is 9.15. The van der Waals surface area contributed by atoms with Gasteiger partial charge in [-0.05, 0) is 6.92 Å². The quantitative estimate of drug-likeness (QED) is 0.557. The summed E-state index contributed by atoms with van der Waals surface area (Å²) in [5.41, 5.74) is -0.409. The number of hydrogen-bond acceptors (Lipinski definition) is 4. The molecule has 0 spiro atoms. The molecule has 2 aliphatic rings. The molecule has 0 amide bonds. The van der Waals surface area contributed by atoms with Crippen molar-refractivity contribution in [3.8, 4) is 0 Å². The standard InChI is InChI=1S/C9H17BO4/c1-5(11-2)9-4-13-6(7(9)12-3)8(10)14-9/h5-8H,4,10H2,1-3H3/t5?,6?,7-,8-,9-/m1/s1. The van der Waals surface area contributed by atoms with E-state index in [0.717, 1.165) is 0 Å². The lowest BCUT2D eigenvalue weighted by Crippen LogP contribution is -2.51. The van der Waals surface area contributed by atoms with E-state index in [4.69, 9.17) is 18.9 Å². The molecule has 5 atom stereocenters. The molecule has 0 radical (unpaired) electrons. The van der Waals surface area contributed by atoms with Gasteiger partial charge in [-0.1, -0.05) is 0 Å². The van der Waals surface area contributed by atoms with Gasteiger partial charge in [-0.15, -0.1) is 0 Å². The molecule has 0 aromatic carbocycles. The molecule has 2 unspecified atom stereocenters. The van der Waals surface area contributed by atoms with Gasteiger partial charge in [0.15, 0.2) is 0 Å². The second-order valence-corrected chi connectivity index (χ2v) is 4.09. The SMILES string of the molecule is B[C@@H]1O[C@@]2(C(C)OC)COC1[C@H]2OC. The zero-order valence-electron chi connectivity index (χ0n) is 9.15. The molecule has 0 aliphatic carbocycles. The van der Waals surface area contributed by atoms with Crippen molar-refractivity contribution in [2.24, 2.45) is 0 Å². The highest BCUT2D eigenvalue weighted by Crippen LogP contribution is 2.43. The molecule has 4 nitrogen and oxygen atoms in total. The minimum atomic E-state index is -0.409.